The number of aryl methyl sites for hydroxylation is 2. The third-order valence-corrected chi connectivity index (χ3v) is 11.2. The summed E-state index contributed by atoms with van der Waals surface area (Å²) in [6.45, 7) is 1.92. The number of rotatable bonds is 7. The highest BCUT2D eigenvalue weighted by atomic mass is 32.2. The number of carbonyl (C=O) groups is 1. The predicted molar refractivity (Wildman–Crippen MR) is 150 cm³/mol. The van der Waals surface area contributed by atoms with E-state index >= 15 is 0 Å². The van der Waals surface area contributed by atoms with Crippen LogP contribution in [0.4, 0.5) is 4.39 Å². The van der Waals surface area contributed by atoms with Crippen LogP contribution in [0.2, 0.25) is 0 Å². The lowest BCUT2D eigenvalue weighted by molar-refractivity contribution is 0.0738. The molecular weight excluding hydrogens is 565 g/mol. The van der Waals surface area contributed by atoms with Crippen molar-refractivity contribution in [1.29, 1.82) is 0 Å². The van der Waals surface area contributed by atoms with Crippen LogP contribution in [0.25, 0.3) is 11.8 Å². The van der Waals surface area contributed by atoms with Crippen molar-refractivity contribution in [3.8, 4) is 5.69 Å². The van der Waals surface area contributed by atoms with E-state index in [1.165, 1.54) is 40.7 Å². The Morgan fingerprint density at radius 3 is 2.59 bits per heavy atom. The molecule has 0 aromatic carbocycles. The van der Waals surface area contributed by atoms with Crippen LogP contribution >= 0.6 is 11.3 Å². The lowest BCUT2D eigenvalue weighted by Gasteiger charge is -2.46. The molecule has 0 radical (unpaired) electrons. The van der Waals surface area contributed by atoms with Crippen molar-refractivity contribution in [3.63, 3.8) is 0 Å². The molecule has 0 amide bonds. The monoisotopic (exact) mass is 593 g/mol. The molecule has 0 N–H and O–H groups in total. The van der Waals surface area contributed by atoms with Gasteiger partial charge in [-0.15, -0.1) is 11.3 Å². The van der Waals surface area contributed by atoms with Crippen molar-refractivity contribution in [3.05, 3.63) is 75.8 Å². The molecule has 4 heterocycles. The molecule has 0 spiro atoms. The summed E-state index contributed by atoms with van der Waals surface area (Å²) < 4.78 is 46.2. The Hall–Kier alpha value is -3.55. The first-order valence-corrected chi connectivity index (χ1v) is 15.8. The van der Waals surface area contributed by atoms with Gasteiger partial charge in [0.2, 0.25) is 21.8 Å². The smallest absolute Gasteiger partial charge is 0.246 e. The summed E-state index contributed by atoms with van der Waals surface area (Å²) in [5.74, 6) is -0.654. The molecule has 4 aromatic rings. The Morgan fingerprint density at radius 2 is 1.93 bits per heavy atom. The van der Waals surface area contributed by atoms with E-state index in [9.17, 15) is 17.6 Å². The first-order chi connectivity index (χ1) is 19.7. The van der Waals surface area contributed by atoms with Gasteiger partial charge in [0, 0.05) is 36.4 Å². The highest BCUT2D eigenvalue weighted by Crippen LogP contribution is 2.53. The number of sulfonamides is 1. The van der Waals surface area contributed by atoms with Crippen LogP contribution in [0, 0.1) is 18.3 Å². The minimum Gasteiger partial charge on any atom is -0.290 e. The van der Waals surface area contributed by atoms with Gasteiger partial charge in [0.15, 0.2) is 5.01 Å². The number of halogens is 1. The summed E-state index contributed by atoms with van der Waals surface area (Å²) >= 11 is 1.36. The van der Waals surface area contributed by atoms with E-state index in [4.69, 9.17) is 0 Å². The Morgan fingerprint density at radius 1 is 1.10 bits per heavy atom. The predicted octanol–water partition coefficient (Wildman–Crippen LogP) is 4.12. The van der Waals surface area contributed by atoms with Crippen LogP contribution in [-0.2, 0) is 23.5 Å². The number of thiazole rings is 1. The zero-order chi connectivity index (χ0) is 28.5. The molecule has 2 saturated carbocycles. The molecule has 2 atom stereocenters. The molecule has 3 aliphatic carbocycles. The van der Waals surface area contributed by atoms with Gasteiger partial charge in [-0.3, -0.25) is 9.48 Å². The maximum absolute atomic E-state index is 14.4. The normalized spacial score (nSPS) is 22.3. The molecule has 3 aliphatic rings. The number of allylic oxidation sites excluding steroid dienone is 1. The van der Waals surface area contributed by atoms with Gasteiger partial charge in [0.05, 0.1) is 35.4 Å². The second-order valence-corrected chi connectivity index (χ2v) is 14.2. The van der Waals surface area contributed by atoms with E-state index in [1.54, 1.807) is 34.5 Å². The largest absolute Gasteiger partial charge is 0.290 e. The van der Waals surface area contributed by atoms with Crippen molar-refractivity contribution < 1.29 is 17.6 Å². The number of hydrogen-bond acceptors (Lipinski definition) is 8. The summed E-state index contributed by atoms with van der Waals surface area (Å²) in [7, 11) is -2.11. The maximum Gasteiger partial charge on any atom is 0.246 e. The van der Waals surface area contributed by atoms with Gasteiger partial charge in [-0.1, -0.05) is 5.57 Å². The second kappa shape index (κ2) is 9.50. The van der Waals surface area contributed by atoms with Gasteiger partial charge in [0.1, 0.15) is 4.90 Å². The molecule has 212 valence electrons. The van der Waals surface area contributed by atoms with E-state index in [0.717, 1.165) is 34.5 Å². The molecule has 13 heteroatoms. The third kappa shape index (κ3) is 4.37. The van der Waals surface area contributed by atoms with E-state index < -0.39 is 21.4 Å². The molecule has 0 saturated heterocycles. The fourth-order valence-corrected chi connectivity index (χ4v) is 9.03. The van der Waals surface area contributed by atoms with Gasteiger partial charge < -0.3 is 0 Å². The van der Waals surface area contributed by atoms with Crippen molar-refractivity contribution in [2.75, 3.05) is 0 Å². The van der Waals surface area contributed by atoms with Crippen molar-refractivity contribution in [2.45, 2.75) is 62.4 Å². The molecular formula is C28H28FN7O3S2. The van der Waals surface area contributed by atoms with E-state index in [0.29, 0.717) is 36.4 Å². The van der Waals surface area contributed by atoms with Crippen molar-refractivity contribution >= 4 is 33.2 Å². The van der Waals surface area contributed by atoms with Crippen LogP contribution in [0.1, 0.15) is 58.0 Å². The number of fused-ring (bicyclic) bond motifs is 2. The Labute approximate surface area is 240 Å². The van der Waals surface area contributed by atoms with Gasteiger partial charge in [-0.05, 0) is 69.2 Å². The first kappa shape index (κ1) is 26.4. The molecule has 2 fully saturated rings. The first-order valence-electron chi connectivity index (χ1n) is 13.5. The molecule has 4 aromatic heterocycles. The quantitative estimate of drug-likeness (QED) is 0.234. The standard InChI is InChI=1S/C28H28FN7O3S2/c1-17-12-31-27(40-17)26(37)28-10-18-13-33-35(22-7-8-25(29)30-14-22)24(18)9-19(28)3-4-21(11-28)36(20-5-6-20)41(38,39)23-15-32-34(2)16-23/h7-9,12-16,20-21H,3-6,10-11H2,1-2H3/t21-,28-/m0/s1. The summed E-state index contributed by atoms with van der Waals surface area (Å²) in [5.41, 5.74) is 2.31. The van der Waals surface area contributed by atoms with E-state index in [-0.39, 0.29) is 22.8 Å². The van der Waals surface area contributed by atoms with Gasteiger partial charge in [-0.2, -0.15) is 18.9 Å². The number of nitrogens with zero attached hydrogens (tertiary/aromatic N) is 7. The highest BCUT2D eigenvalue weighted by molar-refractivity contribution is 7.89. The molecule has 10 nitrogen and oxygen atoms in total. The molecule has 41 heavy (non-hydrogen) atoms. The molecule has 0 bridgehead atoms. The fourth-order valence-electron chi connectivity index (χ4n) is 6.34. The Balaban J connectivity index is 1.31. The van der Waals surface area contributed by atoms with Crippen LogP contribution in [0.15, 0.2) is 53.6 Å². The van der Waals surface area contributed by atoms with Crippen LogP contribution in [-0.4, -0.2) is 60.1 Å². The van der Waals surface area contributed by atoms with E-state index in [2.05, 4.69) is 20.2 Å². The average molecular weight is 594 g/mol. The van der Waals surface area contributed by atoms with Gasteiger partial charge in [0.25, 0.3) is 0 Å². The van der Waals surface area contributed by atoms with E-state index in [1.807, 2.05) is 13.0 Å². The lowest BCUT2D eigenvalue weighted by Crippen LogP contribution is -2.51. The van der Waals surface area contributed by atoms with Gasteiger partial charge >= 0.3 is 0 Å². The summed E-state index contributed by atoms with van der Waals surface area (Å²) in [5, 5.41) is 9.10. The Bertz CT molecular complexity index is 1800. The van der Waals surface area contributed by atoms with Crippen molar-refractivity contribution in [2.24, 2.45) is 12.5 Å². The number of hydrogen-bond donors (Lipinski definition) is 0. The van der Waals surface area contributed by atoms with Gasteiger partial charge in [-0.25, -0.2) is 23.1 Å². The number of carbonyl (C=O) groups excluding carboxylic acids is 1. The molecule has 0 unspecified atom stereocenters. The second-order valence-electron chi connectivity index (χ2n) is 11.2. The Kier molecular flexibility index (Phi) is 6.10. The average Bonchev–Trinajstić information content (AvgIpc) is 3.29. The van der Waals surface area contributed by atoms with Crippen LogP contribution in [0.3, 0.4) is 0 Å². The highest BCUT2D eigenvalue weighted by Gasteiger charge is 2.54. The maximum atomic E-state index is 14.4. The molecule has 7 rings (SSSR count). The lowest BCUT2D eigenvalue weighted by atomic mass is 9.61. The summed E-state index contributed by atoms with van der Waals surface area (Å²) in [6, 6.07) is 2.47. The summed E-state index contributed by atoms with van der Waals surface area (Å²) in [4.78, 5) is 23.7. The van der Waals surface area contributed by atoms with Crippen LogP contribution in [0.5, 0.6) is 0 Å². The number of ketones is 1. The molecule has 0 aliphatic heterocycles. The minimum absolute atomic E-state index is 0.0806. The fraction of sp³-hybridized carbons (Fsp3) is 0.393. The minimum atomic E-state index is -3.81. The summed E-state index contributed by atoms with van der Waals surface area (Å²) in [6.07, 6.45) is 13.3. The number of Topliss-reactive ketones (excluding diaryl/α,β-unsaturated/α-hetero) is 1. The SMILES string of the molecule is Cc1cnc(C(=O)[C@]23Cc4cnn(-c5ccc(F)nc5)c4C=C2CC[C@H](N(C2CC2)S(=O)(=O)c2cnn(C)c2)C3)s1. The third-order valence-electron chi connectivity index (χ3n) is 8.36. The topological polar surface area (TPSA) is 116 Å². The number of pyridine rings is 1. The van der Waals surface area contributed by atoms with Crippen molar-refractivity contribution in [1.82, 2.24) is 33.8 Å². The zero-order valence-electron chi connectivity index (χ0n) is 22.6. The number of aromatic nitrogens is 6. The zero-order valence-corrected chi connectivity index (χ0v) is 24.2. The van der Waals surface area contributed by atoms with Crippen LogP contribution < -0.4 is 0 Å².